The summed E-state index contributed by atoms with van der Waals surface area (Å²) in [5, 5.41) is 6.56. The molecule has 1 fully saturated rings. The van der Waals surface area contributed by atoms with Gasteiger partial charge in [0.15, 0.2) is 16.6 Å². The molecule has 31 heavy (non-hydrogen) atoms. The number of methoxy groups -OCH3 is 3. The molecule has 9 nitrogen and oxygen atoms in total. The van der Waals surface area contributed by atoms with Gasteiger partial charge in [0.05, 0.1) is 37.6 Å². The van der Waals surface area contributed by atoms with Gasteiger partial charge < -0.3 is 24.8 Å². The second kappa shape index (κ2) is 8.76. The van der Waals surface area contributed by atoms with Crippen LogP contribution in [-0.2, 0) is 4.79 Å². The van der Waals surface area contributed by atoms with Gasteiger partial charge in [-0.25, -0.2) is 15.0 Å². The van der Waals surface area contributed by atoms with Gasteiger partial charge >= 0.3 is 0 Å². The second-order valence-electron chi connectivity index (χ2n) is 6.99. The highest BCUT2D eigenvalue weighted by Crippen LogP contribution is 2.47. The van der Waals surface area contributed by atoms with Gasteiger partial charge in [-0.1, -0.05) is 11.3 Å². The van der Waals surface area contributed by atoms with Gasteiger partial charge in [-0.05, 0) is 18.9 Å². The molecule has 0 saturated heterocycles. The van der Waals surface area contributed by atoms with Crippen molar-refractivity contribution in [2.75, 3.05) is 32.0 Å². The van der Waals surface area contributed by atoms with Crippen LogP contribution in [0.15, 0.2) is 24.4 Å². The number of hydrogen-bond acceptors (Lipinski definition) is 9. The molecular weight excluding hydrogens is 418 g/mol. The van der Waals surface area contributed by atoms with Gasteiger partial charge in [0.1, 0.15) is 0 Å². The van der Waals surface area contributed by atoms with Crippen LogP contribution in [0.5, 0.6) is 17.2 Å². The number of amides is 1. The van der Waals surface area contributed by atoms with E-state index in [1.54, 1.807) is 39.7 Å². The number of hydrogen-bond donors (Lipinski definition) is 2. The van der Waals surface area contributed by atoms with Gasteiger partial charge in [0.2, 0.25) is 17.6 Å². The van der Waals surface area contributed by atoms with E-state index in [-0.39, 0.29) is 5.91 Å². The Labute approximate surface area is 183 Å². The topological polar surface area (TPSA) is 107 Å². The maximum atomic E-state index is 11.5. The number of thiazole rings is 1. The Kier molecular flexibility index (Phi) is 5.90. The lowest BCUT2D eigenvalue weighted by Crippen LogP contribution is -2.05. The van der Waals surface area contributed by atoms with Crippen LogP contribution < -0.4 is 24.8 Å². The van der Waals surface area contributed by atoms with Crippen LogP contribution in [-0.4, -0.2) is 42.2 Å². The summed E-state index contributed by atoms with van der Waals surface area (Å²) < 4.78 is 16.2. The molecule has 0 bridgehead atoms. The first-order valence-electron chi connectivity index (χ1n) is 9.71. The molecular formula is C21H23N5O4S. The number of nitrogens with zero attached hydrogens (tertiary/aromatic N) is 3. The molecule has 1 amide bonds. The third kappa shape index (κ3) is 4.53. The first-order valence-corrected chi connectivity index (χ1v) is 10.5. The summed E-state index contributed by atoms with van der Waals surface area (Å²) in [4.78, 5) is 26.0. The van der Waals surface area contributed by atoms with E-state index in [0.29, 0.717) is 39.9 Å². The molecule has 1 aromatic carbocycles. The molecule has 2 heterocycles. The highest BCUT2D eigenvalue weighted by atomic mass is 32.1. The molecule has 3 aromatic rings. The van der Waals surface area contributed by atoms with Crippen molar-refractivity contribution in [3.8, 4) is 27.8 Å². The van der Waals surface area contributed by atoms with Crippen molar-refractivity contribution in [1.29, 1.82) is 0 Å². The molecule has 0 radical (unpaired) electrons. The zero-order valence-electron chi connectivity index (χ0n) is 17.7. The van der Waals surface area contributed by atoms with Crippen molar-refractivity contribution in [3.63, 3.8) is 0 Å². The first kappa shape index (κ1) is 20.9. The summed E-state index contributed by atoms with van der Waals surface area (Å²) in [6.07, 6.45) is 3.88. The van der Waals surface area contributed by atoms with Crippen LogP contribution in [0.4, 0.5) is 16.8 Å². The average molecular weight is 442 g/mol. The molecule has 1 saturated carbocycles. The van der Waals surface area contributed by atoms with E-state index >= 15 is 0 Å². The van der Waals surface area contributed by atoms with Crippen molar-refractivity contribution in [1.82, 2.24) is 15.0 Å². The molecule has 1 aliphatic carbocycles. The van der Waals surface area contributed by atoms with E-state index in [0.717, 1.165) is 29.1 Å². The molecule has 0 unspecified atom stereocenters. The van der Waals surface area contributed by atoms with E-state index < -0.39 is 0 Å². The van der Waals surface area contributed by atoms with Crippen molar-refractivity contribution >= 4 is 34.0 Å². The third-order valence-corrected chi connectivity index (χ3v) is 5.72. The number of ether oxygens (including phenoxy) is 3. The molecule has 10 heteroatoms. The Morgan fingerprint density at radius 1 is 1.10 bits per heavy atom. The smallest absolute Gasteiger partial charge is 0.227 e. The lowest BCUT2D eigenvalue weighted by atomic mass is 10.2. The fraction of sp³-hybridized carbons (Fsp3) is 0.333. The largest absolute Gasteiger partial charge is 0.493 e. The minimum absolute atomic E-state index is 0.143. The van der Waals surface area contributed by atoms with Crippen LogP contribution in [0.3, 0.4) is 0 Å². The molecule has 0 aliphatic heterocycles. The number of rotatable bonds is 8. The lowest BCUT2D eigenvalue weighted by Gasteiger charge is -2.14. The van der Waals surface area contributed by atoms with Crippen molar-refractivity contribution in [2.45, 2.75) is 25.7 Å². The summed E-state index contributed by atoms with van der Waals surface area (Å²) in [5.74, 6) is 2.25. The number of carbonyl (C=O) groups is 1. The SMILES string of the molecule is COc1cc(Nc2nccc(-c3sc(NC(C)=O)nc3C3CC3)n2)cc(OC)c1OC. The van der Waals surface area contributed by atoms with E-state index in [9.17, 15) is 4.79 Å². The number of benzene rings is 1. The quantitative estimate of drug-likeness (QED) is 0.535. The first-order chi connectivity index (χ1) is 15.0. The monoisotopic (exact) mass is 441 g/mol. The van der Waals surface area contributed by atoms with E-state index in [1.807, 2.05) is 6.07 Å². The second-order valence-corrected chi connectivity index (χ2v) is 7.99. The molecule has 2 aromatic heterocycles. The molecule has 0 atom stereocenters. The number of carbonyl (C=O) groups excluding carboxylic acids is 1. The van der Waals surface area contributed by atoms with Gasteiger partial charge in [-0.2, -0.15) is 0 Å². The van der Waals surface area contributed by atoms with Gasteiger partial charge in [-0.3, -0.25) is 4.79 Å². The fourth-order valence-corrected chi connectivity index (χ4v) is 4.25. The third-order valence-electron chi connectivity index (χ3n) is 4.71. The Hall–Kier alpha value is -3.40. The van der Waals surface area contributed by atoms with Crippen LogP contribution in [0.25, 0.3) is 10.6 Å². The molecule has 4 rings (SSSR count). The zero-order valence-corrected chi connectivity index (χ0v) is 18.5. The normalized spacial score (nSPS) is 12.9. The van der Waals surface area contributed by atoms with Gasteiger partial charge in [-0.15, -0.1) is 0 Å². The van der Waals surface area contributed by atoms with E-state index in [1.165, 1.54) is 18.3 Å². The Morgan fingerprint density at radius 2 is 1.81 bits per heavy atom. The molecule has 162 valence electrons. The summed E-state index contributed by atoms with van der Waals surface area (Å²) in [6, 6.07) is 5.42. The maximum Gasteiger partial charge on any atom is 0.227 e. The maximum absolute atomic E-state index is 11.5. The summed E-state index contributed by atoms with van der Waals surface area (Å²) in [6.45, 7) is 1.47. The van der Waals surface area contributed by atoms with Crippen LogP contribution in [0.2, 0.25) is 0 Å². The predicted molar refractivity (Wildman–Crippen MR) is 119 cm³/mol. The van der Waals surface area contributed by atoms with Gasteiger partial charge in [0, 0.05) is 36.9 Å². The van der Waals surface area contributed by atoms with Gasteiger partial charge in [0.25, 0.3) is 0 Å². The van der Waals surface area contributed by atoms with E-state index in [4.69, 9.17) is 14.2 Å². The molecule has 1 aliphatic rings. The number of anilines is 3. The number of nitrogens with one attached hydrogen (secondary N) is 2. The zero-order chi connectivity index (χ0) is 22.0. The van der Waals surface area contributed by atoms with Crippen LogP contribution in [0, 0.1) is 0 Å². The average Bonchev–Trinajstić information content (AvgIpc) is 3.53. The predicted octanol–water partition coefficient (Wildman–Crippen LogP) is 4.21. The molecule has 0 spiro atoms. The minimum Gasteiger partial charge on any atom is -0.493 e. The van der Waals surface area contributed by atoms with Crippen molar-refractivity contribution in [2.24, 2.45) is 0 Å². The Morgan fingerprint density at radius 3 is 2.39 bits per heavy atom. The number of aromatic nitrogens is 3. The fourth-order valence-electron chi connectivity index (χ4n) is 3.18. The summed E-state index contributed by atoms with van der Waals surface area (Å²) >= 11 is 1.42. The molecule has 2 N–H and O–H groups in total. The minimum atomic E-state index is -0.143. The van der Waals surface area contributed by atoms with Crippen molar-refractivity contribution < 1.29 is 19.0 Å². The standard InChI is InChI=1S/C21H23N5O4S/c1-11(27)23-21-26-17(12-5-6-12)19(31-21)14-7-8-22-20(25-14)24-13-9-15(28-2)18(30-4)16(10-13)29-3/h7-10,12H,5-6H2,1-4H3,(H,22,24,25)(H,23,26,27). The highest BCUT2D eigenvalue weighted by Gasteiger charge is 2.31. The highest BCUT2D eigenvalue weighted by molar-refractivity contribution is 7.19. The van der Waals surface area contributed by atoms with Crippen LogP contribution >= 0.6 is 11.3 Å². The van der Waals surface area contributed by atoms with Crippen LogP contribution in [0.1, 0.15) is 31.4 Å². The lowest BCUT2D eigenvalue weighted by molar-refractivity contribution is -0.114. The Balaban J connectivity index is 1.66. The summed E-state index contributed by atoms with van der Waals surface area (Å²) in [7, 11) is 4.68. The van der Waals surface area contributed by atoms with E-state index in [2.05, 4.69) is 25.6 Å². The summed E-state index contributed by atoms with van der Waals surface area (Å²) in [5.41, 5.74) is 2.42. The van der Waals surface area contributed by atoms with Crippen molar-refractivity contribution in [3.05, 3.63) is 30.1 Å². The Bertz CT molecular complexity index is 1090.